The second-order valence-electron chi connectivity index (χ2n) is 6.01. The van der Waals surface area contributed by atoms with E-state index in [1.165, 1.54) is 0 Å². The van der Waals surface area contributed by atoms with Gasteiger partial charge in [0.1, 0.15) is 17.5 Å². The van der Waals surface area contributed by atoms with Crippen LogP contribution in [0.2, 0.25) is 0 Å². The van der Waals surface area contributed by atoms with Gasteiger partial charge in [-0.3, -0.25) is 4.79 Å². The van der Waals surface area contributed by atoms with Gasteiger partial charge in [0.25, 0.3) is 0 Å². The van der Waals surface area contributed by atoms with E-state index >= 15 is 0 Å². The number of hydrogen-bond donors (Lipinski definition) is 2. The van der Waals surface area contributed by atoms with Gasteiger partial charge >= 0.3 is 0 Å². The predicted octanol–water partition coefficient (Wildman–Crippen LogP) is 4.60. The van der Waals surface area contributed by atoms with Gasteiger partial charge in [-0.2, -0.15) is 0 Å². The third-order valence-corrected chi connectivity index (χ3v) is 3.92. The first-order valence-electron chi connectivity index (χ1n) is 8.62. The van der Waals surface area contributed by atoms with E-state index in [1.807, 2.05) is 91.9 Å². The standard InChI is InChI=1S/C22H22N2O2/c1-17(22(25)23-16-18-8-4-2-5-9-18)24-19-12-14-21(15-13-19)26-20-10-6-3-7-11-20/h2-15,17,24H,16H2,1H3,(H,23,25)/t17-/m1/s1. The zero-order chi connectivity index (χ0) is 18.2. The molecule has 1 amide bonds. The third kappa shape index (κ3) is 5.11. The maximum Gasteiger partial charge on any atom is 0.242 e. The number of amides is 1. The molecule has 0 fully saturated rings. The lowest BCUT2D eigenvalue weighted by molar-refractivity contribution is -0.121. The molecule has 0 aromatic heterocycles. The number of para-hydroxylation sites is 1. The van der Waals surface area contributed by atoms with Gasteiger partial charge < -0.3 is 15.4 Å². The number of anilines is 1. The van der Waals surface area contributed by atoms with E-state index in [0.717, 1.165) is 22.7 Å². The molecule has 0 aliphatic rings. The first-order chi connectivity index (χ1) is 12.7. The van der Waals surface area contributed by atoms with Gasteiger partial charge in [-0.1, -0.05) is 48.5 Å². The minimum absolute atomic E-state index is 0.0431. The monoisotopic (exact) mass is 346 g/mol. The molecule has 0 saturated carbocycles. The van der Waals surface area contributed by atoms with Crippen LogP contribution in [0.1, 0.15) is 12.5 Å². The highest BCUT2D eigenvalue weighted by Gasteiger charge is 2.12. The Hall–Kier alpha value is -3.27. The largest absolute Gasteiger partial charge is 0.457 e. The minimum Gasteiger partial charge on any atom is -0.457 e. The Morgan fingerprint density at radius 2 is 1.42 bits per heavy atom. The van der Waals surface area contributed by atoms with Crippen LogP contribution < -0.4 is 15.4 Å². The molecule has 3 aromatic carbocycles. The summed E-state index contributed by atoms with van der Waals surface area (Å²) in [5.74, 6) is 1.50. The van der Waals surface area contributed by atoms with Crippen LogP contribution in [0.4, 0.5) is 5.69 Å². The molecule has 4 heteroatoms. The fourth-order valence-corrected chi connectivity index (χ4v) is 2.50. The van der Waals surface area contributed by atoms with Crippen molar-refractivity contribution in [2.24, 2.45) is 0 Å². The van der Waals surface area contributed by atoms with E-state index < -0.39 is 0 Å². The molecular weight excluding hydrogens is 324 g/mol. The topological polar surface area (TPSA) is 50.4 Å². The minimum atomic E-state index is -0.334. The maximum absolute atomic E-state index is 12.2. The van der Waals surface area contributed by atoms with Crippen molar-refractivity contribution < 1.29 is 9.53 Å². The molecule has 0 aliphatic carbocycles. The van der Waals surface area contributed by atoms with Gasteiger partial charge in [-0.15, -0.1) is 0 Å². The molecule has 2 N–H and O–H groups in total. The summed E-state index contributed by atoms with van der Waals surface area (Å²) >= 11 is 0. The van der Waals surface area contributed by atoms with Crippen molar-refractivity contribution in [2.45, 2.75) is 19.5 Å². The van der Waals surface area contributed by atoms with Gasteiger partial charge in [0, 0.05) is 12.2 Å². The van der Waals surface area contributed by atoms with Gasteiger partial charge in [0.2, 0.25) is 5.91 Å². The molecule has 0 spiro atoms. The summed E-state index contributed by atoms with van der Waals surface area (Å²) in [7, 11) is 0. The van der Waals surface area contributed by atoms with Crippen LogP contribution in [-0.4, -0.2) is 11.9 Å². The quantitative estimate of drug-likeness (QED) is 0.657. The summed E-state index contributed by atoms with van der Waals surface area (Å²) in [6.07, 6.45) is 0. The summed E-state index contributed by atoms with van der Waals surface area (Å²) in [4.78, 5) is 12.2. The summed E-state index contributed by atoms with van der Waals surface area (Å²) in [6.45, 7) is 2.37. The lowest BCUT2D eigenvalue weighted by Crippen LogP contribution is -2.37. The van der Waals surface area contributed by atoms with Crippen LogP contribution in [-0.2, 0) is 11.3 Å². The highest BCUT2D eigenvalue weighted by atomic mass is 16.5. The van der Waals surface area contributed by atoms with E-state index in [1.54, 1.807) is 0 Å². The average Bonchev–Trinajstić information content (AvgIpc) is 2.69. The predicted molar refractivity (Wildman–Crippen MR) is 104 cm³/mol. The van der Waals surface area contributed by atoms with E-state index in [2.05, 4.69) is 10.6 Å². The first kappa shape index (κ1) is 17.5. The molecule has 4 nitrogen and oxygen atoms in total. The Morgan fingerprint density at radius 3 is 2.08 bits per heavy atom. The van der Waals surface area contributed by atoms with E-state index in [0.29, 0.717) is 6.54 Å². The molecule has 0 heterocycles. The van der Waals surface area contributed by atoms with Crippen LogP contribution in [0.15, 0.2) is 84.9 Å². The molecule has 132 valence electrons. The van der Waals surface area contributed by atoms with Crippen molar-refractivity contribution >= 4 is 11.6 Å². The molecule has 26 heavy (non-hydrogen) atoms. The zero-order valence-corrected chi connectivity index (χ0v) is 14.7. The number of nitrogens with one attached hydrogen (secondary N) is 2. The van der Waals surface area contributed by atoms with Crippen molar-refractivity contribution in [1.82, 2.24) is 5.32 Å². The van der Waals surface area contributed by atoms with E-state index in [9.17, 15) is 4.79 Å². The average molecular weight is 346 g/mol. The summed E-state index contributed by atoms with van der Waals surface area (Å²) < 4.78 is 5.77. The Morgan fingerprint density at radius 1 is 0.846 bits per heavy atom. The molecule has 0 bridgehead atoms. The van der Waals surface area contributed by atoms with Gasteiger partial charge in [-0.05, 0) is 48.9 Å². The van der Waals surface area contributed by atoms with Crippen molar-refractivity contribution in [3.8, 4) is 11.5 Å². The maximum atomic E-state index is 12.2. The van der Waals surface area contributed by atoms with Crippen molar-refractivity contribution in [3.63, 3.8) is 0 Å². The van der Waals surface area contributed by atoms with E-state index in [4.69, 9.17) is 4.74 Å². The second-order valence-corrected chi connectivity index (χ2v) is 6.01. The summed E-state index contributed by atoms with van der Waals surface area (Å²) in [5.41, 5.74) is 1.95. The van der Waals surface area contributed by atoms with Gasteiger partial charge in [0.05, 0.1) is 0 Å². The van der Waals surface area contributed by atoms with Crippen LogP contribution in [0.25, 0.3) is 0 Å². The van der Waals surface area contributed by atoms with Crippen molar-refractivity contribution in [1.29, 1.82) is 0 Å². The fourth-order valence-electron chi connectivity index (χ4n) is 2.50. The van der Waals surface area contributed by atoms with E-state index in [-0.39, 0.29) is 11.9 Å². The Balaban J connectivity index is 1.50. The SMILES string of the molecule is C[C@@H](Nc1ccc(Oc2ccccc2)cc1)C(=O)NCc1ccccc1. The molecule has 3 rings (SSSR count). The fraction of sp³-hybridized carbons (Fsp3) is 0.136. The number of carbonyl (C=O) groups excluding carboxylic acids is 1. The van der Waals surface area contributed by atoms with Crippen molar-refractivity contribution in [2.75, 3.05) is 5.32 Å². The molecule has 3 aromatic rings. The molecule has 0 saturated heterocycles. The Kier molecular flexibility index (Phi) is 5.88. The highest BCUT2D eigenvalue weighted by molar-refractivity contribution is 5.84. The number of ether oxygens (including phenoxy) is 1. The van der Waals surface area contributed by atoms with Crippen LogP contribution in [0.3, 0.4) is 0 Å². The van der Waals surface area contributed by atoms with Crippen LogP contribution >= 0.6 is 0 Å². The van der Waals surface area contributed by atoms with Gasteiger partial charge in [0.15, 0.2) is 0 Å². The summed E-state index contributed by atoms with van der Waals surface area (Å²) in [5, 5.41) is 6.14. The number of rotatable bonds is 7. The molecular formula is C22H22N2O2. The molecule has 0 radical (unpaired) electrons. The smallest absolute Gasteiger partial charge is 0.242 e. The Labute approximate surface area is 153 Å². The zero-order valence-electron chi connectivity index (χ0n) is 14.7. The number of benzene rings is 3. The second kappa shape index (κ2) is 8.72. The van der Waals surface area contributed by atoms with Crippen LogP contribution in [0, 0.1) is 0 Å². The lowest BCUT2D eigenvalue weighted by Gasteiger charge is -2.16. The molecule has 1 atom stereocenters. The van der Waals surface area contributed by atoms with Gasteiger partial charge in [-0.25, -0.2) is 0 Å². The normalized spacial score (nSPS) is 11.4. The third-order valence-electron chi connectivity index (χ3n) is 3.92. The first-order valence-corrected chi connectivity index (χ1v) is 8.62. The Bertz CT molecular complexity index is 818. The number of carbonyl (C=O) groups is 1. The number of hydrogen-bond acceptors (Lipinski definition) is 3. The summed E-state index contributed by atoms with van der Waals surface area (Å²) in [6, 6.07) is 26.7. The molecule has 0 unspecified atom stereocenters. The highest BCUT2D eigenvalue weighted by Crippen LogP contribution is 2.22. The lowest BCUT2D eigenvalue weighted by atomic mass is 10.2. The van der Waals surface area contributed by atoms with Crippen LogP contribution in [0.5, 0.6) is 11.5 Å². The van der Waals surface area contributed by atoms with Crippen molar-refractivity contribution in [3.05, 3.63) is 90.5 Å². The molecule has 0 aliphatic heterocycles.